The van der Waals surface area contributed by atoms with Crippen LogP contribution in [0, 0.1) is 0 Å². The van der Waals surface area contributed by atoms with Crippen molar-refractivity contribution in [2.24, 2.45) is 0 Å². The highest BCUT2D eigenvalue weighted by Gasteiger charge is 2.19. The molecule has 1 aromatic heterocycles. The molecule has 3 N–H and O–H groups in total. The molecule has 4 rings (SSSR count). The van der Waals surface area contributed by atoms with Gasteiger partial charge in [0, 0.05) is 29.2 Å². The number of aromatic nitrogens is 1. The fourth-order valence-corrected chi connectivity index (χ4v) is 4.04. The maximum atomic E-state index is 10.7. The molecule has 3 aromatic rings. The van der Waals surface area contributed by atoms with E-state index in [1.807, 2.05) is 6.07 Å². The van der Waals surface area contributed by atoms with Gasteiger partial charge in [0.05, 0.1) is 0 Å². The molecular weight excluding hydrogens is 336 g/mol. The van der Waals surface area contributed by atoms with Crippen molar-refractivity contribution < 1.29 is 9.90 Å². The monoisotopic (exact) mass is 360 g/mol. The molecule has 1 aliphatic carbocycles. The zero-order valence-corrected chi connectivity index (χ0v) is 15.2. The number of hydrogen-bond acceptors (Lipinski definition) is 2. The summed E-state index contributed by atoms with van der Waals surface area (Å²) in [5.74, 6) is -0.912. The van der Waals surface area contributed by atoms with E-state index < -0.39 is 5.97 Å². The second-order valence-electron chi connectivity index (χ2n) is 7.14. The van der Waals surface area contributed by atoms with Gasteiger partial charge in [0.15, 0.2) is 0 Å². The van der Waals surface area contributed by atoms with Crippen LogP contribution in [-0.2, 0) is 17.6 Å². The summed E-state index contributed by atoms with van der Waals surface area (Å²) in [6.07, 6.45) is 9.33. The lowest BCUT2D eigenvalue weighted by Crippen LogP contribution is -2.27. The normalized spacial score (nSPS) is 16.7. The second kappa shape index (κ2) is 7.80. The Bertz CT molecular complexity index is 987. The SMILES string of the molecule is O=C(O)/C=C/c1ccc2c(c1)CCCC2NCCc1c[nH]c2ccccc12. The van der Waals surface area contributed by atoms with Gasteiger partial charge in [-0.25, -0.2) is 4.79 Å². The van der Waals surface area contributed by atoms with Crippen LogP contribution in [0.15, 0.2) is 54.7 Å². The zero-order valence-electron chi connectivity index (χ0n) is 15.2. The van der Waals surface area contributed by atoms with Gasteiger partial charge in [-0.3, -0.25) is 0 Å². The van der Waals surface area contributed by atoms with Crippen molar-refractivity contribution >= 4 is 22.9 Å². The van der Waals surface area contributed by atoms with E-state index in [0.717, 1.165) is 37.8 Å². The van der Waals surface area contributed by atoms with E-state index >= 15 is 0 Å². The Morgan fingerprint density at radius 1 is 1.26 bits per heavy atom. The van der Waals surface area contributed by atoms with Gasteiger partial charge in [-0.2, -0.15) is 0 Å². The Hall–Kier alpha value is -2.85. The summed E-state index contributed by atoms with van der Waals surface area (Å²) in [5.41, 5.74) is 6.18. The highest BCUT2D eigenvalue weighted by molar-refractivity contribution is 5.85. The predicted octanol–water partition coefficient (Wildman–Crippen LogP) is 4.48. The lowest BCUT2D eigenvalue weighted by molar-refractivity contribution is -0.131. The maximum absolute atomic E-state index is 10.7. The maximum Gasteiger partial charge on any atom is 0.328 e. The van der Waals surface area contributed by atoms with Gasteiger partial charge in [-0.05, 0) is 66.6 Å². The van der Waals surface area contributed by atoms with Crippen LogP contribution in [0.4, 0.5) is 0 Å². The van der Waals surface area contributed by atoms with Crippen molar-refractivity contribution in [1.82, 2.24) is 10.3 Å². The van der Waals surface area contributed by atoms with Crippen LogP contribution >= 0.6 is 0 Å². The number of H-pyrrole nitrogens is 1. The summed E-state index contributed by atoms with van der Waals surface area (Å²) in [5, 5.41) is 13.8. The minimum atomic E-state index is -0.912. The molecule has 27 heavy (non-hydrogen) atoms. The quantitative estimate of drug-likeness (QED) is 0.568. The van der Waals surface area contributed by atoms with E-state index in [1.165, 1.54) is 33.7 Å². The van der Waals surface area contributed by atoms with E-state index in [1.54, 1.807) is 6.08 Å². The van der Waals surface area contributed by atoms with Gasteiger partial charge in [-0.15, -0.1) is 0 Å². The fourth-order valence-electron chi connectivity index (χ4n) is 4.04. The first-order valence-electron chi connectivity index (χ1n) is 9.53. The summed E-state index contributed by atoms with van der Waals surface area (Å²) in [7, 11) is 0. The number of nitrogens with one attached hydrogen (secondary N) is 2. The molecule has 0 bridgehead atoms. The van der Waals surface area contributed by atoms with Crippen molar-refractivity contribution in [3.05, 3.63) is 77.0 Å². The number of aliphatic carboxylic acids is 1. The molecule has 2 aromatic carbocycles. The third kappa shape index (κ3) is 3.96. The number of carbonyl (C=O) groups is 1. The van der Waals surface area contributed by atoms with E-state index in [9.17, 15) is 4.79 Å². The van der Waals surface area contributed by atoms with E-state index in [-0.39, 0.29) is 0 Å². The van der Waals surface area contributed by atoms with Crippen molar-refractivity contribution in [3.63, 3.8) is 0 Å². The first-order chi connectivity index (χ1) is 13.2. The van der Waals surface area contributed by atoms with Gasteiger partial charge in [-0.1, -0.05) is 36.4 Å². The number of aromatic amines is 1. The van der Waals surface area contributed by atoms with Crippen LogP contribution in [0.3, 0.4) is 0 Å². The third-order valence-electron chi connectivity index (χ3n) is 5.36. The smallest absolute Gasteiger partial charge is 0.328 e. The minimum Gasteiger partial charge on any atom is -0.478 e. The molecule has 0 spiro atoms. The average Bonchev–Trinajstić information content (AvgIpc) is 3.09. The summed E-state index contributed by atoms with van der Waals surface area (Å²) >= 11 is 0. The number of hydrogen-bond donors (Lipinski definition) is 3. The van der Waals surface area contributed by atoms with Crippen LogP contribution < -0.4 is 5.32 Å². The van der Waals surface area contributed by atoms with Crippen LogP contribution in [0.25, 0.3) is 17.0 Å². The Morgan fingerprint density at radius 3 is 3.04 bits per heavy atom. The number of rotatable bonds is 6. The third-order valence-corrected chi connectivity index (χ3v) is 5.36. The van der Waals surface area contributed by atoms with Crippen molar-refractivity contribution in [1.29, 1.82) is 0 Å². The Kier molecular flexibility index (Phi) is 5.07. The molecule has 138 valence electrons. The average molecular weight is 360 g/mol. The number of benzene rings is 2. The van der Waals surface area contributed by atoms with Crippen LogP contribution in [0.1, 0.15) is 41.1 Å². The number of para-hydroxylation sites is 1. The van der Waals surface area contributed by atoms with Gasteiger partial charge in [0.25, 0.3) is 0 Å². The van der Waals surface area contributed by atoms with Crippen molar-refractivity contribution in [3.8, 4) is 0 Å². The molecule has 0 saturated carbocycles. The minimum absolute atomic E-state index is 0.372. The molecular formula is C23H24N2O2. The molecule has 0 saturated heterocycles. The largest absolute Gasteiger partial charge is 0.478 e. The number of fused-ring (bicyclic) bond motifs is 2. The Labute approximate surface area is 158 Å². The molecule has 1 unspecified atom stereocenters. The molecule has 4 heteroatoms. The number of carboxylic acid groups (broad SMARTS) is 1. The fraction of sp³-hybridized carbons (Fsp3) is 0.261. The predicted molar refractivity (Wildman–Crippen MR) is 109 cm³/mol. The summed E-state index contributed by atoms with van der Waals surface area (Å²) in [4.78, 5) is 14.1. The molecule has 1 aliphatic rings. The number of aryl methyl sites for hydroxylation is 1. The molecule has 0 fully saturated rings. The van der Waals surface area contributed by atoms with E-state index in [0.29, 0.717) is 6.04 Å². The van der Waals surface area contributed by atoms with Crippen LogP contribution in [0.2, 0.25) is 0 Å². The van der Waals surface area contributed by atoms with Gasteiger partial charge in [0.1, 0.15) is 0 Å². The molecule has 1 heterocycles. The molecule has 0 radical (unpaired) electrons. The molecule has 1 atom stereocenters. The highest BCUT2D eigenvalue weighted by Crippen LogP contribution is 2.30. The standard InChI is InChI=1S/C23H24N2O2/c26-23(27)11-9-16-8-10-20-17(14-16)4-3-7-21(20)24-13-12-18-15-25-22-6-2-1-5-19(18)22/h1-2,5-6,8-11,14-15,21,24-25H,3-4,7,12-13H2,(H,26,27)/b11-9+. The van der Waals surface area contributed by atoms with Gasteiger partial charge >= 0.3 is 5.97 Å². The lowest BCUT2D eigenvalue weighted by Gasteiger charge is -2.27. The first-order valence-corrected chi connectivity index (χ1v) is 9.53. The van der Waals surface area contributed by atoms with Gasteiger partial charge in [0.2, 0.25) is 0 Å². The van der Waals surface area contributed by atoms with Crippen molar-refractivity contribution in [2.75, 3.05) is 6.54 Å². The molecule has 0 aliphatic heterocycles. The van der Waals surface area contributed by atoms with E-state index in [2.05, 4.69) is 52.9 Å². The van der Waals surface area contributed by atoms with Crippen molar-refractivity contribution in [2.45, 2.75) is 31.7 Å². The van der Waals surface area contributed by atoms with E-state index in [4.69, 9.17) is 5.11 Å². The van der Waals surface area contributed by atoms with Crippen LogP contribution in [0.5, 0.6) is 0 Å². The highest BCUT2D eigenvalue weighted by atomic mass is 16.4. The first kappa shape index (κ1) is 17.6. The lowest BCUT2D eigenvalue weighted by atomic mass is 9.86. The summed E-state index contributed by atoms with van der Waals surface area (Å²) in [6.45, 7) is 0.937. The molecule has 0 amide bonds. The second-order valence-corrected chi connectivity index (χ2v) is 7.14. The van der Waals surface area contributed by atoms with Crippen LogP contribution in [-0.4, -0.2) is 22.6 Å². The summed E-state index contributed by atoms with van der Waals surface area (Å²) in [6, 6.07) is 15.1. The topological polar surface area (TPSA) is 65.1 Å². The number of carboxylic acids is 1. The summed E-state index contributed by atoms with van der Waals surface area (Å²) < 4.78 is 0. The van der Waals surface area contributed by atoms with Gasteiger partial charge < -0.3 is 15.4 Å². The zero-order chi connectivity index (χ0) is 18.6. The molecule has 4 nitrogen and oxygen atoms in total. The Morgan fingerprint density at radius 2 is 2.15 bits per heavy atom. The Balaban J connectivity index is 1.43.